The molecule has 1 N–H and O–H groups in total. The predicted molar refractivity (Wildman–Crippen MR) is 131 cm³/mol. The van der Waals surface area contributed by atoms with Crippen molar-refractivity contribution < 1.29 is 36.1 Å². The zero-order chi connectivity index (χ0) is 27.2. The Kier molecular flexibility index (Phi) is 7.52. The molecule has 2 heterocycles. The number of carbonyl (C=O) groups excluding carboxylic acids is 1. The average Bonchev–Trinajstić information content (AvgIpc) is 3.47. The number of nitrogens with one attached hydrogen (secondary N) is 1. The maximum absolute atomic E-state index is 14.2. The lowest BCUT2D eigenvalue weighted by Crippen LogP contribution is -2.42. The molecular weight excluding hydrogens is 558 g/mol. The van der Waals surface area contributed by atoms with E-state index in [0.717, 1.165) is 16.6 Å². The van der Waals surface area contributed by atoms with Crippen molar-refractivity contribution in [2.24, 2.45) is 5.16 Å². The highest BCUT2D eigenvalue weighted by molar-refractivity contribution is 7.88. The zero-order valence-electron chi connectivity index (χ0n) is 19.6. The van der Waals surface area contributed by atoms with E-state index in [1.165, 1.54) is 31.2 Å². The molecule has 2 aliphatic heterocycles. The van der Waals surface area contributed by atoms with Gasteiger partial charge in [0.15, 0.2) is 0 Å². The van der Waals surface area contributed by atoms with Gasteiger partial charge in [-0.15, -0.1) is 0 Å². The molecule has 0 radical (unpaired) electrons. The van der Waals surface area contributed by atoms with Crippen molar-refractivity contribution in [2.75, 3.05) is 18.9 Å². The lowest BCUT2D eigenvalue weighted by molar-refractivity contribution is -0.275. The number of halogens is 5. The second-order valence-corrected chi connectivity index (χ2v) is 11.7. The maximum Gasteiger partial charge on any atom is 0.435 e. The van der Waals surface area contributed by atoms with Gasteiger partial charge in [0.1, 0.15) is 0 Å². The molecule has 1 fully saturated rings. The summed E-state index contributed by atoms with van der Waals surface area (Å²) in [7, 11) is -3.56. The van der Waals surface area contributed by atoms with Crippen molar-refractivity contribution in [1.82, 2.24) is 9.79 Å². The molecule has 200 valence electrons. The number of nitrogens with zero attached hydrogens (tertiary/aromatic N) is 2. The van der Waals surface area contributed by atoms with Crippen molar-refractivity contribution in [2.45, 2.75) is 38.1 Å². The van der Waals surface area contributed by atoms with Gasteiger partial charge in [-0.25, -0.2) is 8.42 Å². The smallest absolute Gasteiger partial charge is 0.374 e. The highest BCUT2D eigenvalue weighted by atomic mass is 35.5. The quantitative estimate of drug-likeness (QED) is 0.540. The highest BCUT2D eigenvalue weighted by Gasteiger charge is 2.62. The second-order valence-electron chi connectivity index (χ2n) is 8.67. The van der Waals surface area contributed by atoms with Gasteiger partial charge in [0, 0.05) is 27.6 Å². The first kappa shape index (κ1) is 27.6. The van der Waals surface area contributed by atoms with Crippen molar-refractivity contribution in [1.29, 1.82) is 0 Å². The molecule has 37 heavy (non-hydrogen) atoms. The molecule has 0 aromatic heterocycles. The minimum absolute atomic E-state index is 0.0106. The van der Waals surface area contributed by atoms with E-state index in [1.54, 1.807) is 6.92 Å². The summed E-state index contributed by atoms with van der Waals surface area (Å²) in [5.41, 5.74) is -1.92. The molecule has 0 saturated carbocycles. The van der Waals surface area contributed by atoms with Crippen LogP contribution in [-0.2, 0) is 25.3 Å². The number of hydrogen-bond donors (Lipinski definition) is 1. The third-order valence-electron chi connectivity index (χ3n) is 6.12. The normalized spacial score (nSPS) is 22.6. The minimum atomic E-state index is -4.83. The number of alkyl halides is 3. The summed E-state index contributed by atoms with van der Waals surface area (Å²) in [6, 6.07) is 7.50. The zero-order valence-corrected chi connectivity index (χ0v) is 21.9. The van der Waals surface area contributed by atoms with E-state index in [0.29, 0.717) is 11.1 Å². The van der Waals surface area contributed by atoms with Crippen LogP contribution in [0, 0.1) is 6.92 Å². The lowest BCUT2D eigenvalue weighted by Gasteiger charge is -2.29. The van der Waals surface area contributed by atoms with Crippen LogP contribution in [0.2, 0.25) is 10.0 Å². The first-order valence-corrected chi connectivity index (χ1v) is 13.5. The van der Waals surface area contributed by atoms with Gasteiger partial charge in [-0.05, 0) is 55.3 Å². The van der Waals surface area contributed by atoms with Crippen LogP contribution in [0.1, 0.15) is 40.4 Å². The van der Waals surface area contributed by atoms with E-state index < -0.39 is 40.2 Å². The van der Waals surface area contributed by atoms with Gasteiger partial charge in [-0.3, -0.25) is 9.63 Å². The highest BCUT2D eigenvalue weighted by Crippen LogP contribution is 2.49. The van der Waals surface area contributed by atoms with E-state index in [-0.39, 0.29) is 45.8 Å². The van der Waals surface area contributed by atoms with E-state index in [1.807, 2.05) is 0 Å². The van der Waals surface area contributed by atoms with Gasteiger partial charge in [0.25, 0.3) is 11.5 Å². The SMILES string of the molecule is CCS(=O)(=O)N1C[C@@H](NC(=O)c2ccc(C3=NO[C@](c4cc(Cl)cc(Cl)c4)(C(F)(F)F)C3)cc2C)CO1. The standard InChI is InChI=1S/C23H22Cl2F3N3O5S/c1-3-37(33,34)31-11-18(12-35-31)29-21(32)19-5-4-14(6-13(19)2)20-10-22(36-30-20,23(26,27)28)15-7-16(24)9-17(25)8-15/h4-9,18H,3,10-12H2,1-2H3,(H,29,32)/t18-,22-/m1/s1. The fourth-order valence-corrected chi connectivity index (χ4v) is 5.53. The number of hydroxylamine groups is 1. The fourth-order valence-electron chi connectivity index (χ4n) is 4.09. The van der Waals surface area contributed by atoms with Crippen molar-refractivity contribution in [3.05, 3.63) is 68.7 Å². The van der Waals surface area contributed by atoms with Crippen molar-refractivity contribution >= 4 is 44.8 Å². The monoisotopic (exact) mass is 579 g/mol. The van der Waals surface area contributed by atoms with E-state index in [2.05, 4.69) is 10.5 Å². The van der Waals surface area contributed by atoms with Crippen molar-refractivity contribution in [3.63, 3.8) is 0 Å². The number of hydrogen-bond acceptors (Lipinski definition) is 6. The summed E-state index contributed by atoms with van der Waals surface area (Å²) in [5, 5.41) is 6.50. The molecule has 0 bridgehead atoms. The molecule has 2 aromatic rings. The molecular formula is C23H22Cl2F3N3O5S. The van der Waals surface area contributed by atoms with Crippen LogP contribution in [0.4, 0.5) is 13.2 Å². The van der Waals surface area contributed by atoms with Crippen LogP contribution in [0.3, 0.4) is 0 Å². The Bertz CT molecular complexity index is 1350. The second kappa shape index (κ2) is 10.1. The number of oxime groups is 1. The summed E-state index contributed by atoms with van der Waals surface area (Å²) in [5.74, 6) is -0.613. The Morgan fingerprint density at radius 2 is 1.89 bits per heavy atom. The molecule has 1 amide bonds. The third kappa shape index (κ3) is 5.44. The van der Waals surface area contributed by atoms with Gasteiger partial charge in [0.05, 0.1) is 30.7 Å². The fraction of sp³-hybridized carbons (Fsp3) is 0.391. The Morgan fingerprint density at radius 3 is 2.49 bits per heavy atom. The van der Waals surface area contributed by atoms with Crippen LogP contribution < -0.4 is 5.32 Å². The molecule has 0 aliphatic carbocycles. The summed E-state index contributed by atoms with van der Waals surface area (Å²) >= 11 is 11.9. The van der Waals surface area contributed by atoms with Gasteiger partial charge < -0.3 is 10.2 Å². The number of benzene rings is 2. The Labute approximate surface area is 221 Å². The number of amides is 1. The van der Waals surface area contributed by atoms with Gasteiger partial charge in [0.2, 0.25) is 10.0 Å². The molecule has 1 saturated heterocycles. The topological polar surface area (TPSA) is 97.3 Å². The summed E-state index contributed by atoms with van der Waals surface area (Å²) in [4.78, 5) is 23.0. The van der Waals surface area contributed by atoms with Crippen LogP contribution in [0.5, 0.6) is 0 Å². The van der Waals surface area contributed by atoms with Crippen LogP contribution >= 0.6 is 23.2 Å². The number of sulfonamides is 1. The van der Waals surface area contributed by atoms with Crippen molar-refractivity contribution in [3.8, 4) is 0 Å². The summed E-state index contributed by atoms with van der Waals surface area (Å²) < 4.78 is 67.4. The number of aryl methyl sites for hydroxylation is 1. The largest absolute Gasteiger partial charge is 0.435 e. The van der Waals surface area contributed by atoms with E-state index in [4.69, 9.17) is 32.9 Å². The molecule has 0 spiro atoms. The Balaban J connectivity index is 1.51. The molecule has 4 rings (SSSR count). The molecule has 0 unspecified atom stereocenters. The van der Waals surface area contributed by atoms with Gasteiger partial charge in [-0.2, -0.15) is 13.2 Å². The molecule has 8 nitrogen and oxygen atoms in total. The predicted octanol–water partition coefficient (Wildman–Crippen LogP) is 4.58. The van der Waals surface area contributed by atoms with Gasteiger partial charge >= 0.3 is 6.18 Å². The summed E-state index contributed by atoms with van der Waals surface area (Å²) in [6.45, 7) is 3.07. The van der Waals surface area contributed by atoms with Crippen LogP contribution in [-0.4, -0.2) is 55.6 Å². The molecule has 2 atom stereocenters. The lowest BCUT2D eigenvalue weighted by atomic mass is 9.86. The first-order chi connectivity index (χ1) is 17.3. The summed E-state index contributed by atoms with van der Waals surface area (Å²) in [6.07, 6.45) is -5.46. The van der Waals surface area contributed by atoms with E-state index >= 15 is 0 Å². The molecule has 2 aromatic carbocycles. The minimum Gasteiger partial charge on any atom is -0.374 e. The number of rotatable bonds is 6. The Morgan fingerprint density at radius 1 is 1.22 bits per heavy atom. The Hall–Kier alpha value is -2.38. The maximum atomic E-state index is 14.2. The molecule has 2 aliphatic rings. The van der Waals surface area contributed by atoms with E-state index in [9.17, 15) is 26.4 Å². The third-order valence-corrected chi connectivity index (χ3v) is 8.16. The van der Waals surface area contributed by atoms with Gasteiger partial charge in [-0.1, -0.05) is 38.9 Å². The first-order valence-electron chi connectivity index (χ1n) is 11.1. The average molecular weight is 580 g/mol. The molecule has 14 heteroatoms. The van der Waals surface area contributed by atoms with Crippen LogP contribution in [0.15, 0.2) is 41.6 Å². The number of carbonyl (C=O) groups is 1. The van der Waals surface area contributed by atoms with Crippen LogP contribution in [0.25, 0.3) is 0 Å².